The van der Waals surface area contributed by atoms with Crippen LogP contribution in [-0.4, -0.2) is 46.2 Å². The van der Waals surface area contributed by atoms with E-state index in [0.717, 1.165) is 4.90 Å². The van der Waals surface area contributed by atoms with Gasteiger partial charge in [0.25, 0.3) is 5.91 Å². The number of hydrogen-bond acceptors (Lipinski definition) is 6. The number of carbonyl (C=O) groups excluding carboxylic acids is 4. The van der Waals surface area contributed by atoms with Crippen molar-refractivity contribution in [3.63, 3.8) is 0 Å². The lowest BCUT2D eigenvalue weighted by molar-refractivity contribution is -0.154. The van der Waals surface area contributed by atoms with Crippen molar-refractivity contribution in [2.45, 2.75) is 32.3 Å². The number of carbonyl (C=O) groups is 4. The fourth-order valence-electron chi connectivity index (χ4n) is 3.32. The van der Waals surface area contributed by atoms with Gasteiger partial charge in [0.2, 0.25) is 11.8 Å². The Bertz CT molecular complexity index is 815. The zero-order valence-corrected chi connectivity index (χ0v) is 16.0. The van der Waals surface area contributed by atoms with Gasteiger partial charge in [-0.1, -0.05) is 23.8 Å². The van der Waals surface area contributed by atoms with Gasteiger partial charge in [0.1, 0.15) is 0 Å². The van der Waals surface area contributed by atoms with E-state index in [2.05, 4.69) is 10.3 Å². The maximum absolute atomic E-state index is 12.4. The van der Waals surface area contributed by atoms with Gasteiger partial charge < -0.3 is 10.1 Å². The summed E-state index contributed by atoms with van der Waals surface area (Å²) in [6, 6.07) is 3.18. The molecule has 3 atom stereocenters. The minimum absolute atomic E-state index is 0.0493. The Hall–Kier alpha value is -2.74. The average Bonchev–Trinajstić information content (AvgIpc) is 2.92. The van der Waals surface area contributed by atoms with E-state index in [9.17, 15) is 19.2 Å². The van der Waals surface area contributed by atoms with Crippen LogP contribution >= 0.6 is 11.6 Å². The van der Waals surface area contributed by atoms with Crippen LogP contribution in [0.25, 0.3) is 0 Å². The molecule has 28 heavy (non-hydrogen) atoms. The van der Waals surface area contributed by atoms with Crippen molar-refractivity contribution in [2.24, 2.45) is 11.8 Å². The number of fused-ring (bicyclic) bond motifs is 1. The summed E-state index contributed by atoms with van der Waals surface area (Å²) in [5, 5.41) is 2.65. The monoisotopic (exact) mass is 405 g/mol. The number of halogens is 1. The molecule has 0 aromatic carbocycles. The first-order valence-electron chi connectivity index (χ1n) is 8.99. The number of rotatable bonds is 6. The molecule has 0 saturated carbocycles. The van der Waals surface area contributed by atoms with Crippen LogP contribution in [0.2, 0.25) is 5.15 Å². The molecule has 2 heterocycles. The second-order valence-electron chi connectivity index (χ2n) is 6.70. The smallest absolute Gasteiger partial charge is 0.308 e. The molecule has 0 unspecified atom stereocenters. The average molecular weight is 406 g/mol. The third-order valence-electron chi connectivity index (χ3n) is 4.83. The first-order valence-corrected chi connectivity index (χ1v) is 9.37. The Kier molecular flexibility index (Phi) is 6.08. The van der Waals surface area contributed by atoms with E-state index in [0.29, 0.717) is 18.5 Å². The summed E-state index contributed by atoms with van der Waals surface area (Å²) in [6.07, 6.45) is 5.14. The molecule has 1 aliphatic heterocycles. The van der Waals surface area contributed by atoms with Crippen LogP contribution in [0.3, 0.4) is 0 Å². The molecular weight excluding hydrogens is 386 g/mol. The number of nitrogens with one attached hydrogen (secondary N) is 1. The summed E-state index contributed by atoms with van der Waals surface area (Å²) in [7, 11) is 0. The molecule has 1 fully saturated rings. The van der Waals surface area contributed by atoms with Crippen LogP contribution in [0.5, 0.6) is 0 Å². The Morgan fingerprint density at radius 3 is 2.54 bits per heavy atom. The number of amides is 3. The molecule has 148 valence electrons. The molecule has 0 bridgehead atoms. The Morgan fingerprint density at radius 2 is 1.93 bits per heavy atom. The van der Waals surface area contributed by atoms with Crippen molar-refractivity contribution in [1.82, 2.24) is 9.88 Å². The zero-order valence-electron chi connectivity index (χ0n) is 15.3. The Labute approximate surface area is 166 Å². The van der Waals surface area contributed by atoms with Gasteiger partial charge in [-0.3, -0.25) is 24.1 Å². The normalized spacial score (nSPS) is 22.0. The van der Waals surface area contributed by atoms with Gasteiger partial charge >= 0.3 is 5.97 Å². The quantitative estimate of drug-likeness (QED) is 0.335. The highest BCUT2D eigenvalue weighted by atomic mass is 35.5. The maximum Gasteiger partial charge on any atom is 0.308 e. The Morgan fingerprint density at radius 1 is 1.29 bits per heavy atom. The van der Waals surface area contributed by atoms with Crippen molar-refractivity contribution in [1.29, 1.82) is 0 Å². The van der Waals surface area contributed by atoms with Crippen LogP contribution in [-0.2, 0) is 23.9 Å². The van der Waals surface area contributed by atoms with Crippen LogP contribution in [0.1, 0.15) is 26.2 Å². The van der Waals surface area contributed by atoms with E-state index < -0.39 is 18.0 Å². The van der Waals surface area contributed by atoms with E-state index >= 15 is 0 Å². The van der Waals surface area contributed by atoms with Gasteiger partial charge in [0.15, 0.2) is 11.3 Å². The van der Waals surface area contributed by atoms with Crippen LogP contribution in [0.4, 0.5) is 5.69 Å². The lowest BCUT2D eigenvalue weighted by Crippen LogP contribution is -2.35. The SMILES string of the molecule is C[C@@H](OC(=O)CCN1C(=O)[C@H]2CC=CC[C@H]2C1=O)C(=O)Nc1cccnc1Cl. The predicted molar refractivity (Wildman–Crippen MR) is 100 cm³/mol. The number of ether oxygens (including phenoxy) is 1. The van der Waals surface area contributed by atoms with E-state index in [-0.39, 0.29) is 41.8 Å². The number of esters is 1. The summed E-state index contributed by atoms with van der Waals surface area (Å²) < 4.78 is 5.10. The second kappa shape index (κ2) is 8.52. The van der Waals surface area contributed by atoms with E-state index in [1.165, 1.54) is 13.1 Å². The third kappa shape index (κ3) is 4.22. The highest BCUT2D eigenvalue weighted by Gasteiger charge is 2.47. The number of nitrogens with zero attached hydrogens (tertiary/aromatic N) is 2. The number of imide groups is 1. The molecule has 1 aliphatic carbocycles. The highest BCUT2D eigenvalue weighted by molar-refractivity contribution is 6.32. The molecule has 1 N–H and O–H groups in total. The van der Waals surface area contributed by atoms with Crippen molar-refractivity contribution < 1.29 is 23.9 Å². The lowest BCUT2D eigenvalue weighted by atomic mass is 9.85. The largest absolute Gasteiger partial charge is 0.452 e. The number of likely N-dealkylation sites (tertiary alicyclic amines) is 1. The van der Waals surface area contributed by atoms with Crippen LogP contribution in [0, 0.1) is 11.8 Å². The van der Waals surface area contributed by atoms with E-state index in [1.54, 1.807) is 12.1 Å². The molecule has 1 aromatic rings. The topological polar surface area (TPSA) is 106 Å². The van der Waals surface area contributed by atoms with E-state index in [4.69, 9.17) is 16.3 Å². The fourth-order valence-corrected chi connectivity index (χ4v) is 3.48. The number of hydrogen-bond donors (Lipinski definition) is 1. The molecular formula is C19H20ClN3O5. The summed E-state index contributed by atoms with van der Waals surface area (Å²) in [5.41, 5.74) is 0.307. The van der Waals surface area contributed by atoms with E-state index in [1.807, 2.05) is 12.2 Å². The number of aromatic nitrogens is 1. The first kappa shape index (κ1) is 20.0. The van der Waals surface area contributed by atoms with Crippen molar-refractivity contribution in [3.8, 4) is 0 Å². The minimum atomic E-state index is -1.07. The molecule has 1 aromatic heterocycles. The summed E-state index contributed by atoms with van der Waals surface area (Å²) >= 11 is 5.87. The molecule has 3 amide bonds. The molecule has 8 nitrogen and oxygen atoms in total. The van der Waals surface area contributed by atoms with Crippen molar-refractivity contribution >= 4 is 41.0 Å². The number of pyridine rings is 1. The van der Waals surface area contributed by atoms with Crippen LogP contribution < -0.4 is 5.32 Å². The molecule has 1 saturated heterocycles. The van der Waals surface area contributed by atoms with Gasteiger partial charge in [-0.25, -0.2) is 4.98 Å². The summed E-state index contributed by atoms with van der Waals surface area (Å²) in [5.74, 6) is -2.39. The predicted octanol–water partition coefficient (Wildman–Crippen LogP) is 1.95. The maximum atomic E-state index is 12.4. The molecule has 2 aliphatic rings. The van der Waals surface area contributed by atoms with Gasteiger partial charge in [-0.15, -0.1) is 0 Å². The first-order chi connectivity index (χ1) is 13.4. The summed E-state index contributed by atoms with van der Waals surface area (Å²) in [4.78, 5) is 53.9. The molecule has 0 spiro atoms. The zero-order chi connectivity index (χ0) is 20.3. The number of anilines is 1. The van der Waals surface area contributed by atoms with Crippen molar-refractivity contribution in [3.05, 3.63) is 35.6 Å². The fraction of sp³-hybridized carbons (Fsp3) is 0.421. The van der Waals surface area contributed by atoms with Gasteiger partial charge in [-0.05, 0) is 31.9 Å². The molecule has 9 heteroatoms. The molecule has 0 radical (unpaired) electrons. The second-order valence-corrected chi connectivity index (χ2v) is 7.06. The van der Waals surface area contributed by atoms with Crippen LogP contribution in [0.15, 0.2) is 30.5 Å². The van der Waals surface area contributed by atoms with Crippen molar-refractivity contribution in [2.75, 3.05) is 11.9 Å². The van der Waals surface area contributed by atoms with Gasteiger partial charge in [0, 0.05) is 12.7 Å². The highest BCUT2D eigenvalue weighted by Crippen LogP contribution is 2.35. The standard InChI is InChI=1S/C19H20ClN3O5/c1-11(17(25)22-14-7-4-9-21-16(14)20)28-15(24)8-10-23-18(26)12-5-2-3-6-13(12)19(23)27/h2-4,7,9,11-13H,5-6,8,10H2,1H3,(H,22,25)/t11-,12-,13+/m1/s1. The number of allylic oxidation sites excluding steroid dienone is 2. The summed E-state index contributed by atoms with van der Waals surface area (Å²) in [6.45, 7) is 1.37. The molecule has 3 rings (SSSR count). The lowest BCUT2D eigenvalue weighted by Gasteiger charge is -2.16. The van der Waals surface area contributed by atoms with Gasteiger partial charge in [0.05, 0.1) is 23.9 Å². The minimum Gasteiger partial charge on any atom is -0.452 e. The third-order valence-corrected chi connectivity index (χ3v) is 5.13. The van der Waals surface area contributed by atoms with Gasteiger partial charge in [-0.2, -0.15) is 0 Å². The Balaban J connectivity index is 1.49.